The molecule has 2 amide bonds. The Labute approximate surface area is 172 Å². The van der Waals surface area contributed by atoms with E-state index in [-0.39, 0.29) is 11.8 Å². The standard InChI is InChI=1S/C22H30ClN3O2/c1-2-24-13-15-26(16-14-24)22(28)17-19-9-11-25(12-10-19)21(27)8-5-18-3-6-20(23)7-4-18/h3-8,19H,2,9-17H2,1H3. The molecule has 6 heteroatoms. The lowest BCUT2D eigenvalue weighted by atomic mass is 9.92. The molecule has 2 aliphatic heterocycles. The van der Waals surface area contributed by atoms with Gasteiger partial charge in [0.2, 0.25) is 11.8 Å². The highest BCUT2D eigenvalue weighted by molar-refractivity contribution is 6.30. The Morgan fingerprint density at radius 3 is 2.25 bits per heavy atom. The Bertz CT molecular complexity index is 688. The SMILES string of the molecule is CCN1CCN(C(=O)CC2CCN(C(=O)C=Cc3ccc(Cl)cc3)CC2)CC1. The van der Waals surface area contributed by atoms with Crippen LogP contribution in [0.1, 0.15) is 31.7 Å². The number of rotatable bonds is 5. The monoisotopic (exact) mass is 403 g/mol. The summed E-state index contributed by atoms with van der Waals surface area (Å²) in [5, 5.41) is 0.687. The predicted molar refractivity (Wildman–Crippen MR) is 113 cm³/mol. The van der Waals surface area contributed by atoms with Crippen molar-refractivity contribution in [1.82, 2.24) is 14.7 Å². The van der Waals surface area contributed by atoms with Crippen molar-refractivity contribution in [2.75, 3.05) is 45.8 Å². The smallest absolute Gasteiger partial charge is 0.246 e. The molecule has 0 saturated carbocycles. The number of nitrogens with zero attached hydrogens (tertiary/aromatic N) is 3. The first kappa shape index (κ1) is 20.9. The lowest BCUT2D eigenvalue weighted by Gasteiger charge is -2.36. The van der Waals surface area contributed by atoms with Gasteiger partial charge in [0, 0.05) is 56.8 Å². The van der Waals surface area contributed by atoms with Gasteiger partial charge in [0.05, 0.1) is 0 Å². The van der Waals surface area contributed by atoms with Crippen LogP contribution in [0.2, 0.25) is 5.02 Å². The second-order valence-electron chi connectivity index (χ2n) is 7.67. The summed E-state index contributed by atoms with van der Waals surface area (Å²) in [6.45, 7) is 8.33. The summed E-state index contributed by atoms with van der Waals surface area (Å²) in [5.74, 6) is 0.708. The van der Waals surface area contributed by atoms with Gasteiger partial charge in [0.15, 0.2) is 0 Å². The van der Waals surface area contributed by atoms with E-state index in [1.54, 1.807) is 6.08 Å². The number of piperidine rings is 1. The number of likely N-dealkylation sites (tertiary alicyclic amines) is 1. The Kier molecular flexibility index (Phi) is 7.51. The third-order valence-electron chi connectivity index (χ3n) is 5.85. The van der Waals surface area contributed by atoms with Crippen LogP contribution in [0.5, 0.6) is 0 Å². The minimum absolute atomic E-state index is 0.0374. The highest BCUT2D eigenvalue weighted by Crippen LogP contribution is 2.22. The molecule has 1 aromatic rings. The Hall–Kier alpha value is -1.85. The fourth-order valence-corrected chi connectivity index (χ4v) is 4.02. The van der Waals surface area contributed by atoms with Crippen LogP contribution in [-0.2, 0) is 9.59 Å². The molecular weight excluding hydrogens is 374 g/mol. The Morgan fingerprint density at radius 2 is 1.64 bits per heavy atom. The number of carbonyl (C=O) groups is 2. The molecule has 5 nitrogen and oxygen atoms in total. The lowest BCUT2D eigenvalue weighted by molar-refractivity contribution is -0.134. The van der Waals surface area contributed by atoms with Crippen LogP contribution in [0.15, 0.2) is 30.3 Å². The van der Waals surface area contributed by atoms with E-state index < -0.39 is 0 Å². The van der Waals surface area contributed by atoms with E-state index in [0.29, 0.717) is 17.4 Å². The zero-order chi connectivity index (χ0) is 19.9. The van der Waals surface area contributed by atoms with Gasteiger partial charge in [0.25, 0.3) is 0 Å². The number of benzene rings is 1. The van der Waals surface area contributed by atoms with Gasteiger partial charge in [-0.3, -0.25) is 9.59 Å². The average Bonchev–Trinajstić information content (AvgIpc) is 2.73. The van der Waals surface area contributed by atoms with Crippen molar-refractivity contribution in [3.8, 4) is 0 Å². The van der Waals surface area contributed by atoms with E-state index in [1.807, 2.05) is 40.1 Å². The fraction of sp³-hybridized carbons (Fsp3) is 0.545. The first-order chi connectivity index (χ1) is 13.5. The first-order valence-corrected chi connectivity index (χ1v) is 10.7. The molecule has 152 valence electrons. The maximum absolute atomic E-state index is 12.6. The normalized spacial score (nSPS) is 19.4. The van der Waals surface area contributed by atoms with Crippen molar-refractivity contribution >= 4 is 29.5 Å². The van der Waals surface area contributed by atoms with Crippen molar-refractivity contribution in [2.24, 2.45) is 5.92 Å². The van der Waals surface area contributed by atoms with Crippen molar-refractivity contribution in [3.63, 3.8) is 0 Å². The number of hydrogen-bond acceptors (Lipinski definition) is 3. The molecule has 2 heterocycles. The molecule has 0 spiro atoms. The molecule has 0 N–H and O–H groups in total. The third-order valence-corrected chi connectivity index (χ3v) is 6.10. The van der Waals surface area contributed by atoms with Crippen LogP contribution in [0.25, 0.3) is 6.08 Å². The Morgan fingerprint density at radius 1 is 1.00 bits per heavy atom. The summed E-state index contributed by atoms with van der Waals surface area (Å²) in [6.07, 6.45) is 5.88. The second-order valence-corrected chi connectivity index (χ2v) is 8.11. The first-order valence-electron chi connectivity index (χ1n) is 10.3. The minimum Gasteiger partial charge on any atom is -0.340 e. The molecule has 0 aliphatic carbocycles. The van der Waals surface area contributed by atoms with E-state index in [4.69, 9.17) is 11.6 Å². The number of hydrogen-bond donors (Lipinski definition) is 0. The van der Waals surface area contributed by atoms with Crippen molar-refractivity contribution < 1.29 is 9.59 Å². The molecule has 3 rings (SSSR count). The van der Waals surface area contributed by atoms with Crippen LogP contribution in [0, 0.1) is 5.92 Å². The van der Waals surface area contributed by atoms with E-state index >= 15 is 0 Å². The zero-order valence-corrected chi connectivity index (χ0v) is 17.4. The van der Waals surface area contributed by atoms with Gasteiger partial charge in [-0.1, -0.05) is 30.7 Å². The minimum atomic E-state index is 0.0374. The number of halogens is 1. The van der Waals surface area contributed by atoms with Gasteiger partial charge in [0.1, 0.15) is 0 Å². The number of likely N-dealkylation sites (N-methyl/N-ethyl adjacent to an activating group) is 1. The summed E-state index contributed by atoms with van der Waals surface area (Å²) in [5.41, 5.74) is 0.960. The largest absolute Gasteiger partial charge is 0.340 e. The van der Waals surface area contributed by atoms with Gasteiger partial charge in [-0.15, -0.1) is 0 Å². The van der Waals surface area contributed by atoms with E-state index in [9.17, 15) is 9.59 Å². The van der Waals surface area contributed by atoms with Crippen LogP contribution in [-0.4, -0.2) is 72.3 Å². The van der Waals surface area contributed by atoms with Crippen molar-refractivity contribution in [2.45, 2.75) is 26.2 Å². The molecule has 0 atom stereocenters. The van der Waals surface area contributed by atoms with Crippen LogP contribution < -0.4 is 0 Å². The summed E-state index contributed by atoms with van der Waals surface area (Å²) in [6, 6.07) is 7.42. The molecule has 2 aliphatic rings. The molecular formula is C22H30ClN3O2. The van der Waals surface area contributed by atoms with Crippen LogP contribution in [0.4, 0.5) is 0 Å². The molecule has 0 bridgehead atoms. The molecule has 0 unspecified atom stereocenters. The molecule has 1 aromatic carbocycles. The van der Waals surface area contributed by atoms with Crippen molar-refractivity contribution in [3.05, 3.63) is 40.9 Å². The predicted octanol–water partition coefficient (Wildman–Crippen LogP) is 3.15. The third kappa shape index (κ3) is 5.82. The van der Waals surface area contributed by atoms with E-state index in [0.717, 1.165) is 64.2 Å². The summed E-state index contributed by atoms with van der Waals surface area (Å²) in [7, 11) is 0. The van der Waals surface area contributed by atoms with Gasteiger partial charge in [-0.2, -0.15) is 0 Å². The molecule has 0 radical (unpaired) electrons. The number of amides is 2. The summed E-state index contributed by atoms with van der Waals surface area (Å²) < 4.78 is 0. The topological polar surface area (TPSA) is 43.9 Å². The van der Waals surface area contributed by atoms with Crippen molar-refractivity contribution in [1.29, 1.82) is 0 Å². The highest BCUT2D eigenvalue weighted by Gasteiger charge is 2.26. The fourth-order valence-electron chi connectivity index (χ4n) is 3.89. The van der Waals surface area contributed by atoms with Crippen LogP contribution >= 0.6 is 11.6 Å². The zero-order valence-electron chi connectivity index (χ0n) is 16.6. The Balaban J connectivity index is 1.41. The quantitative estimate of drug-likeness (QED) is 0.709. The molecule has 2 saturated heterocycles. The second kappa shape index (κ2) is 10.1. The number of carbonyl (C=O) groups excluding carboxylic acids is 2. The summed E-state index contributed by atoms with van der Waals surface area (Å²) in [4.78, 5) is 31.2. The van der Waals surface area contributed by atoms with Gasteiger partial charge in [-0.05, 0) is 49.1 Å². The lowest BCUT2D eigenvalue weighted by Crippen LogP contribution is -2.49. The molecule has 0 aromatic heterocycles. The number of piperazine rings is 1. The van der Waals surface area contributed by atoms with Gasteiger partial charge in [-0.25, -0.2) is 0 Å². The van der Waals surface area contributed by atoms with E-state index in [1.165, 1.54) is 0 Å². The molecule has 2 fully saturated rings. The van der Waals surface area contributed by atoms with Crippen LogP contribution in [0.3, 0.4) is 0 Å². The van der Waals surface area contributed by atoms with Gasteiger partial charge < -0.3 is 14.7 Å². The maximum atomic E-state index is 12.6. The highest BCUT2D eigenvalue weighted by atomic mass is 35.5. The average molecular weight is 404 g/mol. The van der Waals surface area contributed by atoms with E-state index in [2.05, 4.69) is 11.8 Å². The van der Waals surface area contributed by atoms with Gasteiger partial charge >= 0.3 is 0 Å². The summed E-state index contributed by atoms with van der Waals surface area (Å²) >= 11 is 5.88. The molecule has 28 heavy (non-hydrogen) atoms. The maximum Gasteiger partial charge on any atom is 0.246 e.